The van der Waals surface area contributed by atoms with E-state index in [4.69, 9.17) is 4.74 Å². The Morgan fingerprint density at radius 2 is 2.05 bits per heavy atom. The van der Waals surface area contributed by atoms with Gasteiger partial charge in [-0.3, -0.25) is 0 Å². The molecule has 0 bridgehead atoms. The van der Waals surface area contributed by atoms with Gasteiger partial charge in [0.1, 0.15) is 0 Å². The molecule has 1 aliphatic heterocycles. The number of hydrogen-bond acceptors (Lipinski definition) is 2. The molecule has 112 valence electrons. The zero-order valence-electron chi connectivity index (χ0n) is 13.4. The third-order valence-corrected chi connectivity index (χ3v) is 4.26. The standard InChI is InChI=1S/C18H29NO/c1-13(2)11-19-12-17-6-5-9-20-18(17)16-8-7-14(3)15(4)10-16/h7-8,10,13,17-19H,5-6,9,11-12H2,1-4H3. The molecule has 0 aliphatic carbocycles. The summed E-state index contributed by atoms with van der Waals surface area (Å²) in [6.07, 6.45) is 2.72. The largest absolute Gasteiger partial charge is 0.373 e. The Labute approximate surface area is 123 Å². The highest BCUT2D eigenvalue weighted by atomic mass is 16.5. The minimum atomic E-state index is 0.266. The number of aryl methyl sites for hydroxylation is 2. The van der Waals surface area contributed by atoms with Crippen molar-refractivity contribution in [2.45, 2.75) is 46.6 Å². The van der Waals surface area contributed by atoms with Gasteiger partial charge >= 0.3 is 0 Å². The second-order valence-corrected chi connectivity index (χ2v) is 6.59. The number of hydrogen-bond donors (Lipinski definition) is 1. The smallest absolute Gasteiger partial charge is 0.0865 e. The molecule has 0 amide bonds. The zero-order chi connectivity index (χ0) is 14.5. The van der Waals surface area contributed by atoms with Crippen LogP contribution in [-0.4, -0.2) is 19.7 Å². The molecule has 2 nitrogen and oxygen atoms in total. The second kappa shape index (κ2) is 7.24. The minimum Gasteiger partial charge on any atom is -0.373 e. The van der Waals surface area contributed by atoms with Crippen molar-refractivity contribution >= 4 is 0 Å². The van der Waals surface area contributed by atoms with E-state index in [2.05, 4.69) is 51.2 Å². The normalized spacial score (nSPS) is 23.2. The lowest BCUT2D eigenvalue weighted by Crippen LogP contribution is -2.33. The molecular formula is C18H29NO. The summed E-state index contributed by atoms with van der Waals surface area (Å²) in [6.45, 7) is 11.9. The first kappa shape index (κ1) is 15.5. The van der Waals surface area contributed by atoms with E-state index in [0.29, 0.717) is 11.8 Å². The first-order valence-corrected chi connectivity index (χ1v) is 7.97. The van der Waals surface area contributed by atoms with Gasteiger partial charge in [-0.15, -0.1) is 0 Å². The van der Waals surface area contributed by atoms with E-state index in [1.165, 1.54) is 29.5 Å². The fraction of sp³-hybridized carbons (Fsp3) is 0.667. The Morgan fingerprint density at radius 3 is 2.75 bits per heavy atom. The lowest BCUT2D eigenvalue weighted by atomic mass is 9.88. The topological polar surface area (TPSA) is 21.3 Å². The van der Waals surface area contributed by atoms with Gasteiger partial charge in [0.2, 0.25) is 0 Å². The fourth-order valence-corrected chi connectivity index (χ4v) is 2.92. The van der Waals surface area contributed by atoms with Crippen molar-refractivity contribution < 1.29 is 4.74 Å². The summed E-state index contributed by atoms with van der Waals surface area (Å²) >= 11 is 0. The minimum absolute atomic E-state index is 0.266. The van der Waals surface area contributed by atoms with E-state index in [1.807, 2.05) is 0 Å². The van der Waals surface area contributed by atoms with E-state index in [1.54, 1.807) is 0 Å². The summed E-state index contributed by atoms with van der Waals surface area (Å²) < 4.78 is 6.09. The van der Waals surface area contributed by atoms with Crippen molar-refractivity contribution in [1.29, 1.82) is 0 Å². The molecule has 1 aromatic carbocycles. The van der Waals surface area contributed by atoms with E-state index in [9.17, 15) is 0 Å². The molecule has 20 heavy (non-hydrogen) atoms. The molecule has 1 heterocycles. The number of benzene rings is 1. The van der Waals surface area contributed by atoms with Crippen LogP contribution in [0.15, 0.2) is 18.2 Å². The summed E-state index contributed by atoms with van der Waals surface area (Å²) in [5.41, 5.74) is 4.08. The Hall–Kier alpha value is -0.860. The van der Waals surface area contributed by atoms with Crippen LogP contribution in [0.3, 0.4) is 0 Å². The SMILES string of the molecule is Cc1ccc(C2OCCCC2CNCC(C)C)cc1C. The van der Waals surface area contributed by atoms with Gasteiger partial charge in [0, 0.05) is 19.1 Å². The lowest BCUT2D eigenvalue weighted by Gasteiger charge is -2.33. The van der Waals surface area contributed by atoms with E-state index >= 15 is 0 Å². The van der Waals surface area contributed by atoms with Gasteiger partial charge in [0.05, 0.1) is 6.10 Å². The van der Waals surface area contributed by atoms with Crippen molar-refractivity contribution in [1.82, 2.24) is 5.32 Å². The molecule has 0 spiro atoms. The van der Waals surface area contributed by atoms with Crippen LogP contribution in [0.25, 0.3) is 0 Å². The van der Waals surface area contributed by atoms with Gasteiger partial charge in [0.25, 0.3) is 0 Å². The van der Waals surface area contributed by atoms with Crippen LogP contribution in [-0.2, 0) is 4.74 Å². The van der Waals surface area contributed by atoms with Gasteiger partial charge in [-0.05, 0) is 55.8 Å². The van der Waals surface area contributed by atoms with E-state index in [0.717, 1.165) is 19.7 Å². The van der Waals surface area contributed by atoms with Crippen LogP contribution in [0.1, 0.15) is 49.5 Å². The van der Waals surface area contributed by atoms with Gasteiger partial charge in [-0.2, -0.15) is 0 Å². The van der Waals surface area contributed by atoms with Crippen LogP contribution in [0.4, 0.5) is 0 Å². The highest BCUT2D eigenvalue weighted by molar-refractivity contribution is 5.31. The monoisotopic (exact) mass is 275 g/mol. The van der Waals surface area contributed by atoms with Crippen molar-refractivity contribution in [3.8, 4) is 0 Å². The maximum atomic E-state index is 6.09. The molecule has 1 aromatic rings. The average molecular weight is 275 g/mol. The molecule has 0 saturated carbocycles. The van der Waals surface area contributed by atoms with Crippen molar-refractivity contribution in [3.05, 3.63) is 34.9 Å². The van der Waals surface area contributed by atoms with Gasteiger partial charge in [-0.25, -0.2) is 0 Å². The summed E-state index contributed by atoms with van der Waals surface area (Å²) in [6, 6.07) is 6.77. The number of nitrogens with one attached hydrogen (secondary N) is 1. The van der Waals surface area contributed by atoms with Crippen LogP contribution >= 0.6 is 0 Å². The van der Waals surface area contributed by atoms with Gasteiger partial charge < -0.3 is 10.1 Å². The molecule has 2 unspecified atom stereocenters. The first-order chi connectivity index (χ1) is 9.58. The van der Waals surface area contributed by atoms with Crippen LogP contribution in [0.5, 0.6) is 0 Å². The molecule has 1 aliphatic rings. The summed E-state index contributed by atoms with van der Waals surface area (Å²) in [5.74, 6) is 1.31. The maximum Gasteiger partial charge on any atom is 0.0865 e. The molecular weight excluding hydrogens is 246 g/mol. The molecule has 1 N–H and O–H groups in total. The third kappa shape index (κ3) is 4.07. The molecule has 1 saturated heterocycles. The quantitative estimate of drug-likeness (QED) is 0.876. The van der Waals surface area contributed by atoms with Crippen molar-refractivity contribution in [2.24, 2.45) is 11.8 Å². The highest BCUT2D eigenvalue weighted by Crippen LogP contribution is 2.34. The third-order valence-electron chi connectivity index (χ3n) is 4.26. The van der Waals surface area contributed by atoms with Crippen molar-refractivity contribution in [3.63, 3.8) is 0 Å². The summed E-state index contributed by atoms with van der Waals surface area (Å²) in [5, 5.41) is 3.60. The van der Waals surface area contributed by atoms with Crippen LogP contribution in [0, 0.1) is 25.7 Å². The lowest BCUT2D eigenvalue weighted by molar-refractivity contribution is -0.0279. The van der Waals surface area contributed by atoms with E-state index in [-0.39, 0.29) is 6.10 Å². The first-order valence-electron chi connectivity index (χ1n) is 7.97. The second-order valence-electron chi connectivity index (χ2n) is 6.59. The van der Waals surface area contributed by atoms with Gasteiger partial charge in [0.15, 0.2) is 0 Å². The van der Waals surface area contributed by atoms with E-state index < -0.39 is 0 Å². The predicted octanol–water partition coefficient (Wildman–Crippen LogP) is 4.02. The molecule has 2 heteroatoms. The maximum absolute atomic E-state index is 6.09. The van der Waals surface area contributed by atoms with Crippen molar-refractivity contribution in [2.75, 3.05) is 19.7 Å². The average Bonchev–Trinajstić information content (AvgIpc) is 2.42. The number of rotatable bonds is 5. The Morgan fingerprint density at radius 1 is 1.25 bits per heavy atom. The Kier molecular flexibility index (Phi) is 5.62. The Bertz CT molecular complexity index is 427. The molecule has 2 rings (SSSR count). The molecule has 0 radical (unpaired) electrons. The molecule has 0 aromatic heterocycles. The molecule has 2 atom stereocenters. The highest BCUT2D eigenvalue weighted by Gasteiger charge is 2.27. The van der Waals surface area contributed by atoms with Crippen LogP contribution < -0.4 is 5.32 Å². The Balaban J connectivity index is 2.03. The summed E-state index contributed by atoms with van der Waals surface area (Å²) in [4.78, 5) is 0. The zero-order valence-corrected chi connectivity index (χ0v) is 13.4. The fourth-order valence-electron chi connectivity index (χ4n) is 2.92. The number of ether oxygens (including phenoxy) is 1. The van der Waals surface area contributed by atoms with Crippen LogP contribution in [0.2, 0.25) is 0 Å². The summed E-state index contributed by atoms with van der Waals surface area (Å²) in [7, 11) is 0. The van der Waals surface area contributed by atoms with Gasteiger partial charge in [-0.1, -0.05) is 32.0 Å². The molecule has 1 fully saturated rings. The predicted molar refractivity (Wildman–Crippen MR) is 85.0 cm³/mol.